The van der Waals surface area contributed by atoms with Crippen LogP contribution in [0.5, 0.6) is 11.5 Å². The van der Waals surface area contributed by atoms with Crippen LogP contribution in [0.3, 0.4) is 0 Å². The van der Waals surface area contributed by atoms with Crippen molar-refractivity contribution in [2.45, 2.75) is 4.90 Å². The summed E-state index contributed by atoms with van der Waals surface area (Å²) < 4.78 is 12.0. The average Bonchev–Trinajstić information content (AvgIpc) is 2.46. The summed E-state index contributed by atoms with van der Waals surface area (Å²) in [6.45, 7) is 0.613. The minimum Gasteiger partial charge on any atom is -0.493 e. The molecule has 0 saturated heterocycles. The Labute approximate surface area is 131 Å². The molecule has 0 fully saturated rings. The predicted molar refractivity (Wildman–Crippen MR) is 87.8 cm³/mol. The van der Waals surface area contributed by atoms with Crippen molar-refractivity contribution in [1.29, 1.82) is 0 Å². The maximum Gasteiger partial charge on any atom is 0.161 e. The number of halogens is 1. The minimum absolute atomic E-state index is 0.613. The van der Waals surface area contributed by atoms with Crippen LogP contribution < -0.4 is 15.2 Å². The maximum atomic E-state index is 5.73. The highest BCUT2D eigenvalue weighted by atomic mass is 79.9. The lowest BCUT2D eigenvalue weighted by atomic mass is 10.3. The first-order chi connectivity index (χ1) is 9.70. The van der Waals surface area contributed by atoms with Gasteiger partial charge in [0.1, 0.15) is 0 Å². The number of hydrogen-bond acceptors (Lipinski definition) is 4. The number of benzene rings is 2. The van der Waals surface area contributed by atoms with E-state index in [-0.39, 0.29) is 0 Å². The van der Waals surface area contributed by atoms with Crippen LogP contribution in [0.15, 0.2) is 51.8 Å². The summed E-state index contributed by atoms with van der Waals surface area (Å²) in [7, 11) is 1.64. The molecule has 2 aromatic carbocycles. The fourth-order valence-corrected chi connectivity index (χ4v) is 3.16. The fourth-order valence-electron chi connectivity index (χ4n) is 1.68. The van der Waals surface area contributed by atoms with Gasteiger partial charge in [0.25, 0.3) is 0 Å². The van der Waals surface area contributed by atoms with Gasteiger partial charge in [-0.05, 0) is 46.3 Å². The van der Waals surface area contributed by atoms with Crippen molar-refractivity contribution in [2.75, 3.05) is 25.2 Å². The molecule has 3 nitrogen and oxygen atoms in total. The van der Waals surface area contributed by atoms with Gasteiger partial charge in [0, 0.05) is 20.8 Å². The molecule has 2 N–H and O–H groups in total. The van der Waals surface area contributed by atoms with E-state index in [0.29, 0.717) is 6.61 Å². The number of hydrogen-bond donors (Lipinski definition) is 1. The summed E-state index contributed by atoms with van der Waals surface area (Å²) >= 11 is 5.23. The molecule has 5 heteroatoms. The first kappa shape index (κ1) is 15.1. The van der Waals surface area contributed by atoms with Gasteiger partial charge in [0.2, 0.25) is 0 Å². The number of rotatable bonds is 6. The second-order valence-corrected chi connectivity index (χ2v) is 6.03. The third-order valence-electron chi connectivity index (χ3n) is 2.62. The lowest BCUT2D eigenvalue weighted by Gasteiger charge is -2.10. The van der Waals surface area contributed by atoms with E-state index >= 15 is 0 Å². The second-order valence-electron chi connectivity index (χ2n) is 4.04. The molecular weight excluding hydrogens is 338 g/mol. The smallest absolute Gasteiger partial charge is 0.161 e. The molecule has 0 aliphatic carbocycles. The third-order valence-corrected chi connectivity index (χ3v) is 4.58. The zero-order valence-corrected chi connectivity index (χ0v) is 13.5. The molecule has 0 spiro atoms. The highest BCUT2D eigenvalue weighted by Crippen LogP contribution is 2.30. The molecule has 0 radical (unpaired) electrons. The number of nitrogen functional groups attached to an aromatic ring is 1. The molecule has 0 atom stereocenters. The van der Waals surface area contributed by atoms with Crippen molar-refractivity contribution in [1.82, 2.24) is 0 Å². The van der Waals surface area contributed by atoms with E-state index in [2.05, 4.69) is 15.9 Å². The van der Waals surface area contributed by atoms with Crippen LogP contribution in [-0.4, -0.2) is 19.5 Å². The second kappa shape index (κ2) is 7.45. The lowest BCUT2D eigenvalue weighted by molar-refractivity contribution is 0.313. The molecule has 0 unspecified atom stereocenters. The highest BCUT2D eigenvalue weighted by molar-refractivity contribution is 9.10. The molecule has 0 bridgehead atoms. The van der Waals surface area contributed by atoms with Crippen LogP contribution >= 0.6 is 27.7 Å². The first-order valence-corrected chi connectivity index (χ1v) is 7.92. The standard InChI is InChI=1S/C15H16BrNO2S/c1-18-13-4-2-3-5-14(13)19-8-9-20-15-7-6-11(17)10-12(15)16/h2-7,10H,8-9,17H2,1H3. The number of para-hydroxylation sites is 2. The average molecular weight is 354 g/mol. The summed E-state index contributed by atoms with van der Waals surface area (Å²) in [5, 5.41) is 0. The molecule has 0 aromatic heterocycles. The van der Waals surface area contributed by atoms with Gasteiger partial charge in [-0.2, -0.15) is 0 Å². The molecular formula is C15H16BrNO2S. The molecule has 106 valence electrons. The molecule has 0 aliphatic heterocycles. The Morgan fingerprint density at radius 3 is 2.60 bits per heavy atom. The summed E-state index contributed by atoms with van der Waals surface area (Å²) in [6.07, 6.45) is 0. The Balaban J connectivity index is 1.84. The van der Waals surface area contributed by atoms with E-state index in [0.717, 1.165) is 32.3 Å². The van der Waals surface area contributed by atoms with Crippen LogP contribution in [0.25, 0.3) is 0 Å². The number of nitrogens with two attached hydrogens (primary N) is 1. The Morgan fingerprint density at radius 1 is 1.15 bits per heavy atom. The quantitative estimate of drug-likeness (QED) is 0.479. The summed E-state index contributed by atoms with van der Waals surface area (Å²) in [5.41, 5.74) is 6.47. The topological polar surface area (TPSA) is 44.5 Å². The van der Waals surface area contributed by atoms with Gasteiger partial charge in [-0.15, -0.1) is 11.8 Å². The van der Waals surface area contributed by atoms with E-state index in [1.807, 2.05) is 42.5 Å². The number of methoxy groups -OCH3 is 1. The van der Waals surface area contributed by atoms with Crippen LogP contribution in [0.2, 0.25) is 0 Å². The largest absolute Gasteiger partial charge is 0.493 e. The van der Waals surface area contributed by atoms with E-state index in [1.54, 1.807) is 18.9 Å². The number of thioether (sulfide) groups is 1. The zero-order valence-electron chi connectivity index (χ0n) is 11.1. The van der Waals surface area contributed by atoms with Crippen molar-refractivity contribution in [2.24, 2.45) is 0 Å². The van der Waals surface area contributed by atoms with Crippen molar-refractivity contribution < 1.29 is 9.47 Å². The number of ether oxygens (including phenoxy) is 2. The fraction of sp³-hybridized carbons (Fsp3) is 0.200. The van der Waals surface area contributed by atoms with Gasteiger partial charge < -0.3 is 15.2 Å². The first-order valence-electron chi connectivity index (χ1n) is 6.14. The van der Waals surface area contributed by atoms with Gasteiger partial charge >= 0.3 is 0 Å². The summed E-state index contributed by atoms with van der Waals surface area (Å²) in [5.74, 6) is 2.37. The monoisotopic (exact) mass is 353 g/mol. The Kier molecular flexibility index (Phi) is 5.61. The van der Waals surface area contributed by atoms with Crippen LogP contribution in [-0.2, 0) is 0 Å². The van der Waals surface area contributed by atoms with Gasteiger partial charge in [0.15, 0.2) is 11.5 Å². The molecule has 0 heterocycles. The number of anilines is 1. The normalized spacial score (nSPS) is 10.3. The SMILES string of the molecule is COc1ccccc1OCCSc1ccc(N)cc1Br. The van der Waals surface area contributed by atoms with Crippen LogP contribution in [0, 0.1) is 0 Å². The van der Waals surface area contributed by atoms with E-state index in [1.165, 1.54) is 0 Å². The van der Waals surface area contributed by atoms with Crippen LogP contribution in [0.4, 0.5) is 5.69 Å². The summed E-state index contributed by atoms with van der Waals surface area (Å²) in [4.78, 5) is 1.16. The van der Waals surface area contributed by atoms with Crippen molar-refractivity contribution in [3.63, 3.8) is 0 Å². The predicted octanol–water partition coefficient (Wildman–Crippen LogP) is 4.21. The molecule has 0 aliphatic rings. The van der Waals surface area contributed by atoms with Crippen molar-refractivity contribution >= 4 is 33.4 Å². The summed E-state index contributed by atoms with van der Waals surface area (Å²) in [6, 6.07) is 13.5. The molecule has 0 amide bonds. The highest BCUT2D eigenvalue weighted by Gasteiger charge is 2.04. The van der Waals surface area contributed by atoms with E-state index in [9.17, 15) is 0 Å². The molecule has 20 heavy (non-hydrogen) atoms. The lowest BCUT2D eigenvalue weighted by Crippen LogP contribution is -2.01. The molecule has 2 rings (SSSR count). The van der Waals surface area contributed by atoms with Gasteiger partial charge in [0.05, 0.1) is 13.7 Å². The van der Waals surface area contributed by atoms with Gasteiger partial charge in [-0.1, -0.05) is 12.1 Å². The zero-order chi connectivity index (χ0) is 14.4. The Bertz CT molecular complexity index is 578. The molecule has 2 aromatic rings. The van der Waals surface area contributed by atoms with Crippen LogP contribution in [0.1, 0.15) is 0 Å². The van der Waals surface area contributed by atoms with Crippen molar-refractivity contribution in [3.05, 3.63) is 46.9 Å². The Hall–Kier alpha value is -1.33. The Morgan fingerprint density at radius 2 is 1.90 bits per heavy atom. The minimum atomic E-state index is 0.613. The van der Waals surface area contributed by atoms with E-state index in [4.69, 9.17) is 15.2 Å². The van der Waals surface area contributed by atoms with E-state index < -0.39 is 0 Å². The van der Waals surface area contributed by atoms with Gasteiger partial charge in [-0.3, -0.25) is 0 Å². The van der Waals surface area contributed by atoms with Crippen molar-refractivity contribution in [3.8, 4) is 11.5 Å². The maximum absolute atomic E-state index is 5.73. The molecule has 0 saturated carbocycles. The van der Waals surface area contributed by atoms with Gasteiger partial charge in [-0.25, -0.2) is 0 Å². The third kappa shape index (κ3) is 4.08.